The minimum atomic E-state index is -4.85. The van der Waals surface area contributed by atoms with Gasteiger partial charge in [0.15, 0.2) is 5.36 Å². The lowest BCUT2D eigenvalue weighted by Gasteiger charge is -2.10. The first-order chi connectivity index (χ1) is 22.9. The van der Waals surface area contributed by atoms with Gasteiger partial charge in [-0.2, -0.15) is 16.8 Å². The normalized spacial score (nSPS) is 13.0. The number of benzene rings is 5. The van der Waals surface area contributed by atoms with E-state index in [1.165, 1.54) is 36.4 Å². The molecular formula is C36H16F6N4O2. The van der Waals surface area contributed by atoms with Crippen LogP contribution in [0.1, 0.15) is 0 Å². The zero-order chi connectivity index (χ0) is 33.8. The second-order valence-corrected chi connectivity index (χ2v) is 10.7. The first-order valence-corrected chi connectivity index (χ1v) is 14.0. The Morgan fingerprint density at radius 2 is 0.979 bits per heavy atom. The van der Waals surface area contributed by atoms with Gasteiger partial charge in [0.1, 0.15) is 11.5 Å². The van der Waals surface area contributed by atoms with E-state index in [0.717, 1.165) is 5.39 Å². The van der Waals surface area contributed by atoms with Crippen LogP contribution in [0.25, 0.3) is 70.3 Å². The topological polar surface area (TPSA) is 71.3 Å². The molecule has 0 saturated heterocycles. The number of rotatable bonds is 4. The number of halogens is 6. The molecule has 7 aromatic carbocycles. The molecule has 0 aromatic heterocycles. The Bertz CT molecular complexity index is 2450. The van der Waals surface area contributed by atoms with Gasteiger partial charge in [-0.1, -0.05) is 48.5 Å². The molecule has 0 unspecified atom stereocenters. The van der Waals surface area contributed by atoms with Crippen LogP contribution in [0, 0.1) is 18.0 Å². The molecule has 7 aromatic rings. The van der Waals surface area contributed by atoms with E-state index in [4.69, 9.17) is 6.57 Å². The fourth-order valence-electron chi connectivity index (χ4n) is 6.11. The number of nitrogens with zero attached hydrogens (tertiary/aromatic N) is 4. The van der Waals surface area contributed by atoms with Gasteiger partial charge in [-0.3, -0.25) is 0 Å². The smallest absolute Gasteiger partial charge is 0.406 e. The lowest BCUT2D eigenvalue weighted by atomic mass is 10.0. The van der Waals surface area contributed by atoms with Crippen LogP contribution in [0.4, 0.5) is 26.3 Å². The molecule has 0 atom stereocenters. The summed E-state index contributed by atoms with van der Waals surface area (Å²) in [5.74, 6) is -0.745. The SMILES string of the molecule is [C-]#[N+]/N=c1\c2cc(-c3cccc(OC(F)(F)F)c3)ccc2c2cc3c(=NC#N)c4cc(-c5cccc(OC(F)(F)F)c5)ccc4c3cc12. The van der Waals surface area contributed by atoms with E-state index >= 15 is 0 Å². The van der Waals surface area contributed by atoms with Crippen molar-refractivity contribution >= 4 is 43.1 Å². The highest BCUT2D eigenvalue weighted by molar-refractivity contribution is 6.21. The lowest BCUT2D eigenvalue weighted by molar-refractivity contribution is -0.275. The Balaban J connectivity index is 1.43. The Kier molecular flexibility index (Phi) is 7.02. The van der Waals surface area contributed by atoms with Crippen LogP contribution < -0.4 is 20.2 Å². The summed E-state index contributed by atoms with van der Waals surface area (Å²) in [6.07, 6.45) is -7.85. The molecule has 0 aliphatic rings. The largest absolute Gasteiger partial charge is 0.573 e. The lowest BCUT2D eigenvalue weighted by Crippen LogP contribution is -2.17. The molecule has 0 aliphatic heterocycles. The van der Waals surface area contributed by atoms with Crippen molar-refractivity contribution < 1.29 is 35.8 Å². The van der Waals surface area contributed by atoms with E-state index in [9.17, 15) is 31.6 Å². The quantitative estimate of drug-likeness (QED) is 0.0825. The van der Waals surface area contributed by atoms with E-state index < -0.39 is 12.7 Å². The van der Waals surface area contributed by atoms with Crippen molar-refractivity contribution in [1.82, 2.24) is 0 Å². The molecule has 6 nitrogen and oxygen atoms in total. The van der Waals surface area contributed by atoms with E-state index in [1.807, 2.05) is 18.3 Å². The van der Waals surface area contributed by atoms with Crippen molar-refractivity contribution in [3.8, 4) is 39.9 Å². The van der Waals surface area contributed by atoms with Crippen LogP contribution in [0.15, 0.2) is 107 Å². The van der Waals surface area contributed by atoms with E-state index in [-0.39, 0.29) is 11.5 Å². The molecule has 12 heteroatoms. The maximum atomic E-state index is 12.8. The first kappa shape index (κ1) is 30.3. The van der Waals surface area contributed by atoms with Crippen molar-refractivity contribution in [1.29, 1.82) is 5.26 Å². The van der Waals surface area contributed by atoms with Gasteiger partial charge in [0.25, 0.3) is 0 Å². The van der Waals surface area contributed by atoms with Crippen LogP contribution >= 0.6 is 0 Å². The highest BCUT2D eigenvalue weighted by Crippen LogP contribution is 2.37. The van der Waals surface area contributed by atoms with E-state index in [2.05, 4.69) is 24.5 Å². The summed E-state index contributed by atoms with van der Waals surface area (Å²) >= 11 is 0. The molecule has 0 amide bonds. The molecule has 234 valence electrons. The molecule has 0 saturated carbocycles. The summed E-state index contributed by atoms with van der Waals surface area (Å²) in [6.45, 7) is 7.49. The van der Waals surface area contributed by atoms with Crippen molar-refractivity contribution in [3.05, 3.63) is 119 Å². The van der Waals surface area contributed by atoms with Crippen molar-refractivity contribution in [3.63, 3.8) is 0 Å². The maximum absolute atomic E-state index is 12.8. The molecule has 0 aliphatic carbocycles. The van der Waals surface area contributed by atoms with Crippen LogP contribution in [0.3, 0.4) is 0 Å². The number of hydrogen-bond donors (Lipinski definition) is 0. The van der Waals surface area contributed by atoms with E-state index in [0.29, 0.717) is 70.7 Å². The second kappa shape index (κ2) is 11.1. The Morgan fingerprint density at radius 1 is 0.542 bits per heavy atom. The van der Waals surface area contributed by atoms with Gasteiger partial charge in [-0.05, 0) is 92.3 Å². The standard InChI is InChI=1S/C36H16F6N4O2/c1-44-46-34-30-15-22(20-5-3-7-24(13-20)48-36(40,41)42)9-11-26(30)28-16-31-27(17-32(28)34)25-10-8-21(14-29(25)33(31)45-18-43)19-4-2-6-23(12-19)47-35(37,38)39/h2-17H/b45-33?,46-34+. The molecule has 0 heterocycles. The summed E-state index contributed by atoms with van der Waals surface area (Å²) in [6, 6.07) is 25.4. The molecule has 48 heavy (non-hydrogen) atoms. The molecule has 7 rings (SSSR count). The molecule has 0 fully saturated rings. The summed E-state index contributed by atoms with van der Waals surface area (Å²) in [5.41, 5.74) is 2.07. The Morgan fingerprint density at radius 3 is 1.44 bits per heavy atom. The van der Waals surface area contributed by atoms with Crippen molar-refractivity contribution in [2.45, 2.75) is 12.7 Å². The van der Waals surface area contributed by atoms with Crippen molar-refractivity contribution in [2.75, 3.05) is 0 Å². The van der Waals surface area contributed by atoms with Crippen LogP contribution in [-0.4, -0.2) is 12.7 Å². The Labute approximate surface area is 266 Å². The van der Waals surface area contributed by atoms with Gasteiger partial charge in [0, 0.05) is 21.5 Å². The summed E-state index contributed by atoms with van der Waals surface area (Å²) in [7, 11) is 0. The monoisotopic (exact) mass is 650 g/mol. The van der Waals surface area contributed by atoms with Gasteiger partial charge in [-0.25, -0.2) is 0 Å². The zero-order valence-corrected chi connectivity index (χ0v) is 24.1. The fourth-order valence-corrected chi connectivity index (χ4v) is 6.11. The minimum Gasteiger partial charge on any atom is -0.406 e. The van der Waals surface area contributed by atoms with Gasteiger partial charge >= 0.3 is 12.7 Å². The predicted molar refractivity (Wildman–Crippen MR) is 166 cm³/mol. The van der Waals surface area contributed by atoms with Gasteiger partial charge in [-0.15, -0.1) is 31.3 Å². The predicted octanol–water partition coefficient (Wildman–Crippen LogP) is 9.42. The minimum absolute atomic E-state index is 0.366. The third-order valence-corrected chi connectivity index (χ3v) is 7.91. The van der Waals surface area contributed by atoms with Crippen LogP contribution in [0.5, 0.6) is 11.5 Å². The van der Waals surface area contributed by atoms with Gasteiger partial charge in [0.2, 0.25) is 6.19 Å². The second-order valence-electron chi connectivity index (χ2n) is 10.7. The fraction of sp³-hybridized carbons (Fsp3) is 0.0556. The summed E-state index contributed by atoms with van der Waals surface area (Å²) in [4.78, 5) is 7.38. The number of ether oxygens (including phenoxy) is 2. The molecule has 0 N–H and O–H groups in total. The van der Waals surface area contributed by atoms with Crippen LogP contribution in [0.2, 0.25) is 0 Å². The summed E-state index contributed by atoms with van der Waals surface area (Å²) < 4.78 is 85.2. The third kappa shape index (κ3) is 5.50. The third-order valence-electron chi connectivity index (χ3n) is 7.91. The number of fused-ring (bicyclic) bond motifs is 6. The molecule has 0 bridgehead atoms. The maximum Gasteiger partial charge on any atom is 0.573 e. The highest BCUT2D eigenvalue weighted by Gasteiger charge is 2.32. The van der Waals surface area contributed by atoms with Gasteiger partial charge < -0.3 is 9.47 Å². The first-order valence-electron chi connectivity index (χ1n) is 14.0. The Hall–Kier alpha value is -6.40. The number of alkyl halides is 6. The molecule has 0 spiro atoms. The van der Waals surface area contributed by atoms with Crippen LogP contribution in [-0.2, 0) is 0 Å². The summed E-state index contributed by atoms with van der Waals surface area (Å²) in [5, 5.41) is 19.7. The van der Waals surface area contributed by atoms with E-state index in [1.54, 1.807) is 48.5 Å². The average Bonchev–Trinajstić information content (AvgIpc) is 3.50. The van der Waals surface area contributed by atoms with Gasteiger partial charge in [0.05, 0.1) is 10.5 Å². The number of nitriles is 1. The van der Waals surface area contributed by atoms with Crippen molar-refractivity contribution in [2.24, 2.45) is 10.1 Å². The molecule has 0 radical (unpaired) electrons. The zero-order valence-electron chi connectivity index (χ0n) is 24.1. The number of hydrogen-bond acceptors (Lipinski definition) is 5. The highest BCUT2D eigenvalue weighted by atomic mass is 19.4. The molecular weight excluding hydrogens is 634 g/mol. The average molecular weight is 651 g/mol.